The highest BCUT2D eigenvalue weighted by molar-refractivity contribution is 5.38. The van der Waals surface area contributed by atoms with Crippen LogP contribution in [0.5, 0.6) is 0 Å². The van der Waals surface area contributed by atoms with Gasteiger partial charge in [0.2, 0.25) is 0 Å². The minimum atomic E-state index is 0. The van der Waals surface area contributed by atoms with Crippen molar-refractivity contribution < 1.29 is 28.5 Å². The Hall–Kier alpha value is -1.68. The van der Waals surface area contributed by atoms with E-state index in [2.05, 4.69) is 96.7 Å². The van der Waals surface area contributed by atoms with Crippen molar-refractivity contribution >= 4 is 0 Å². The summed E-state index contributed by atoms with van der Waals surface area (Å²) >= 11 is 0. The third-order valence-electron chi connectivity index (χ3n) is 3.66. The molecule has 0 aliphatic carbocycles. The fraction of sp³-hybridized carbons (Fsp3) is 0.105. The smallest absolute Gasteiger partial charge is 0.193 e. The summed E-state index contributed by atoms with van der Waals surface area (Å²) in [6.07, 6.45) is 2.11. The van der Waals surface area contributed by atoms with E-state index in [1.165, 1.54) is 16.8 Å². The minimum absolute atomic E-state index is 0. The number of benzene rings is 2. The molecule has 3 rings (SSSR count). The molecule has 21 heavy (non-hydrogen) atoms. The van der Waals surface area contributed by atoms with Gasteiger partial charge >= 0.3 is 0 Å². The molecule has 0 saturated heterocycles. The van der Waals surface area contributed by atoms with Crippen molar-refractivity contribution in [2.75, 3.05) is 0 Å². The van der Waals surface area contributed by atoms with E-state index in [1.54, 1.807) is 0 Å². The van der Waals surface area contributed by atoms with Crippen molar-refractivity contribution in [1.29, 1.82) is 0 Å². The highest BCUT2D eigenvalue weighted by atomic mass is 127. The van der Waals surface area contributed by atoms with Crippen LogP contribution in [0.3, 0.4) is 0 Å². The summed E-state index contributed by atoms with van der Waals surface area (Å²) < 4.78 is 2.20. The zero-order valence-electron chi connectivity index (χ0n) is 12.0. The Balaban J connectivity index is 0.00000161. The molecule has 0 atom stereocenters. The predicted octanol–water partition coefficient (Wildman–Crippen LogP) is 0.695. The molecule has 0 spiro atoms. The minimum Gasteiger partial charge on any atom is -1.00 e. The van der Waals surface area contributed by atoms with E-state index >= 15 is 0 Å². The van der Waals surface area contributed by atoms with Crippen molar-refractivity contribution in [1.82, 2.24) is 0 Å². The third kappa shape index (κ3) is 3.50. The quantitative estimate of drug-likeness (QED) is 0.460. The summed E-state index contributed by atoms with van der Waals surface area (Å²) in [6, 6.07) is 27.7. The Kier molecular flexibility index (Phi) is 5.51. The van der Waals surface area contributed by atoms with Crippen molar-refractivity contribution in [2.45, 2.75) is 5.92 Å². The molecule has 0 bridgehead atoms. The number of hydrogen-bond donors (Lipinski definition) is 0. The Morgan fingerprint density at radius 2 is 1.14 bits per heavy atom. The standard InChI is InChI=1S/C19H18N.HI/c1-20-15-9-8-14-18(20)19(16-10-4-2-5-11-16)17-12-6-3-7-13-17;/h2-15,19H,1H3;1H/q+1;/p-1. The summed E-state index contributed by atoms with van der Waals surface area (Å²) in [5, 5.41) is 0. The second-order valence-electron chi connectivity index (χ2n) is 4.99. The topological polar surface area (TPSA) is 3.88 Å². The molecule has 0 aliphatic rings. The van der Waals surface area contributed by atoms with Gasteiger partial charge in [-0.15, -0.1) is 0 Å². The van der Waals surface area contributed by atoms with E-state index in [0.717, 1.165) is 0 Å². The van der Waals surface area contributed by atoms with Crippen LogP contribution >= 0.6 is 0 Å². The first-order valence-corrected chi connectivity index (χ1v) is 6.91. The molecule has 0 N–H and O–H groups in total. The van der Waals surface area contributed by atoms with E-state index in [0.29, 0.717) is 0 Å². The monoisotopic (exact) mass is 387 g/mol. The van der Waals surface area contributed by atoms with Gasteiger partial charge in [0.05, 0.1) is 5.92 Å². The molecule has 3 aromatic rings. The number of nitrogens with zero attached hydrogens (tertiary/aromatic N) is 1. The lowest BCUT2D eigenvalue weighted by Gasteiger charge is -2.16. The van der Waals surface area contributed by atoms with Gasteiger partial charge in [-0.25, -0.2) is 4.57 Å². The van der Waals surface area contributed by atoms with Crippen LogP contribution in [0.15, 0.2) is 85.1 Å². The average molecular weight is 387 g/mol. The number of hydrogen-bond acceptors (Lipinski definition) is 0. The molecule has 0 radical (unpaired) electrons. The number of aromatic nitrogens is 1. The second kappa shape index (κ2) is 7.36. The maximum atomic E-state index is 2.20. The van der Waals surface area contributed by atoms with Crippen LogP contribution in [0, 0.1) is 0 Å². The molecule has 0 fully saturated rings. The van der Waals surface area contributed by atoms with Crippen LogP contribution in [-0.2, 0) is 7.05 Å². The lowest BCUT2D eigenvalue weighted by atomic mass is 9.88. The number of rotatable bonds is 3. The normalized spacial score (nSPS) is 10.2. The highest BCUT2D eigenvalue weighted by Crippen LogP contribution is 2.29. The molecule has 1 aromatic heterocycles. The maximum Gasteiger partial charge on any atom is 0.193 e. The van der Waals surface area contributed by atoms with Gasteiger partial charge in [0.1, 0.15) is 7.05 Å². The summed E-state index contributed by atoms with van der Waals surface area (Å²) in [6.45, 7) is 0. The molecular weight excluding hydrogens is 369 g/mol. The molecule has 0 aliphatic heterocycles. The number of pyridine rings is 1. The highest BCUT2D eigenvalue weighted by Gasteiger charge is 2.23. The molecule has 1 nitrogen and oxygen atoms in total. The first kappa shape index (κ1) is 15.7. The molecular formula is C19H18IN. The van der Waals surface area contributed by atoms with Crippen molar-refractivity contribution in [3.8, 4) is 0 Å². The molecule has 0 unspecified atom stereocenters. The van der Waals surface area contributed by atoms with Crippen molar-refractivity contribution in [2.24, 2.45) is 7.05 Å². The second-order valence-corrected chi connectivity index (χ2v) is 4.99. The Morgan fingerprint density at radius 1 is 0.667 bits per heavy atom. The zero-order valence-corrected chi connectivity index (χ0v) is 14.1. The van der Waals surface area contributed by atoms with Crippen LogP contribution < -0.4 is 28.5 Å². The Bertz CT molecular complexity index is 641. The van der Waals surface area contributed by atoms with Crippen LogP contribution in [-0.4, -0.2) is 0 Å². The van der Waals surface area contributed by atoms with E-state index in [4.69, 9.17) is 0 Å². The summed E-state index contributed by atoms with van der Waals surface area (Å²) in [7, 11) is 2.11. The lowest BCUT2D eigenvalue weighted by Crippen LogP contribution is -3.00. The van der Waals surface area contributed by atoms with Crippen LogP contribution in [0.25, 0.3) is 0 Å². The fourth-order valence-electron chi connectivity index (χ4n) is 2.66. The largest absolute Gasteiger partial charge is 1.00 e. The first-order valence-electron chi connectivity index (χ1n) is 6.91. The van der Waals surface area contributed by atoms with Gasteiger partial charge in [-0.1, -0.05) is 66.7 Å². The van der Waals surface area contributed by atoms with Gasteiger partial charge in [-0.05, 0) is 11.1 Å². The first-order chi connectivity index (χ1) is 9.86. The molecule has 0 saturated carbocycles. The Morgan fingerprint density at radius 3 is 1.62 bits per heavy atom. The van der Waals surface area contributed by atoms with E-state index < -0.39 is 0 Å². The average Bonchev–Trinajstić information content (AvgIpc) is 2.52. The van der Waals surface area contributed by atoms with Crippen LogP contribution in [0.2, 0.25) is 0 Å². The van der Waals surface area contributed by atoms with Crippen LogP contribution in [0.4, 0.5) is 0 Å². The van der Waals surface area contributed by atoms with E-state index in [9.17, 15) is 0 Å². The van der Waals surface area contributed by atoms with Crippen LogP contribution in [0.1, 0.15) is 22.7 Å². The zero-order chi connectivity index (χ0) is 13.8. The number of halogens is 1. The maximum absolute atomic E-state index is 2.20. The molecule has 2 heteroatoms. The van der Waals surface area contributed by atoms with Gasteiger partial charge in [-0.3, -0.25) is 0 Å². The van der Waals surface area contributed by atoms with Gasteiger partial charge in [0.15, 0.2) is 11.9 Å². The third-order valence-corrected chi connectivity index (χ3v) is 3.66. The molecule has 0 amide bonds. The molecule has 1 heterocycles. The summed E-state index contributed by atoms with van der Waals surface area (Å²) in [4.78, 5) is 0. The van der Waals surface area contributed by atoms with Crippen molar-refractivity contribution in [3.05, 3.63) is 102 Å². The fourth-order valence-corrected chi connectivity index (χ4v) is 2.66. The Labute approximate surface area is 143 Å². The van der Waals surface area contributed by atoms with Gasteiger partial charge in [0.25, 0.3) is 0 Å². The van der Waals surface area contributed by atoms with Crippen molar-refractivity contribution in [3.63, 3.8) is 0 Å². The SMILES string of the molecule is C[n+]1ccccc1C(c1ccccc1)c1ccccc1.[I-]. The molecule has 106 valence electrons. The van der Waals surface area contributed by atoms with E-state index in [1.807, 2.05) is 0 Å². The van der Waals surface area contributed by atoms with E-state index in [-0.39, 0.29) is 29.9 Å². The molecule has 2 aromatic carbocycles. The lowest BCUT2D eigenvalue weighted by molar-refractivity contribution is -0.679. The van der Waals surface area contributed by atoms with Gasteiger partial charge in [-0.2, -0.15) is 0 Å². The predicted molar refractivity (Wildman–Crippen MR) is 81.4 cm³/mol. The van der Waals surface area contributed by atoms with Gasteiger partial charge in [0, 0.05) is 12.1 Å². The summed E-state index contributed by atoms with van der Waals surface area (Å²) in [5.41, 5.74) is 3.94. The summed E-state index contributed by atoms with van der Waals surface area (Å²) in [5.74, 6) is 0.267. The van der Waals surface area contributed by atoms with Gasteiger partial charge < -0.3 is 24.0 Å². The number of aryl methyl sites for hydroxylation is 1.